The van der Waals surface area contributed by atoms with Crippen molar-refractivity contribution in [2.75, 3.05) is 0 Å². The molecule has 0 bridgehead atoms. The van der Waals surface area contributed by atoms with Crippen molar-refractivity contribution in [3.63, 3.8) is 0 Å². The van der Waals surface area contributed by atoms with E-state index in [9.17, 15) is 0 Å². The number of hydrogen-bond acceptors (Lipinski definition) is 0. The van der Waals surface area contributed by atoms with Crippen LogP contribution in [0.3, 0.4) is 0 Å². The van der Waals surface area contributed by atoms with Crippen LogP contribution >= 0.6 is 0 Å². The van der Waals surface area contributed by atoms with Crippen LogP contribution < -0.4 is 0 Å². The third kappa shape index (κ3) is 3.22. The standard InChI is InChI=1S/C28H30/c1-27(2,3)21-16-14-19(15-17-21)22-12-9-13-24-25(22)18-20-10-7-8-11-23(20)26(24)28(4,5)6/h7-18H,1-6H3. The monoisotopic (exact) mass is 366 g/mol. The van der Waals surface area contributed by atoms with Crippen LogP contribution in [-0.2, 0) is 10.8 Å². The van der Waals surface area contributed by atoms with Gasteiger partial charge in [-0.05, 0) is 60.7 Å². The number of rotatable bonds is 1. The molecule has 0 aromatic heterocycles. The minimum atomic E-state index is 0.0772. The van der Waals surface area contributed by atoms with Gasteiger partial charge in [-0.2, -0.15) is 0 Å². The van der Waals surface area contributed by atoms with E-state index in [1.165, 1.54) is 43.8 Å². The molecule has 0 aliphatic heterocycles. The van der Waals surface area contributed by atoms with E-state index in [0.29, 0.717) is 0 Å². The molecule has 4 aromatic carbocycles. The van der Waals surface area contributed by atoms with Crippen LogP contribution in [0.1, 0.15) is 52.7 Å². The Labute approximate surface area is 169 Å². The molecule has 28 heavy (non-hydrogen) atoms. The van der Waals surface area contributed by atoms with E-state index in [0.717, 1.165) is 0 Å². The maximum atomic E-state index is 2.37. The van der Waals surface area contributed by atoms with E-state index in [2.05, 4.69) is 114 Å². The summed E-state index contributed by atoms with van der Waals surface area (Å²) < 4.78 is 0. The first-order chi connectivity index (χ1) is 13.2. The molecule has 0 aliphatic carbocycles. The Hall–Kier alpha value is -2.60. The second kappa shape index (κ2) is 6.48. The van der Waals surface area contributed by atoms with Crippen molar-refractivity contribution in [3.05, 3.63) is 83.9 Å². The maximum absolute atomic E-state index is 2.37. The van der Waals surface area contributed by atoms with E-state index in [1.54, 1.807) is 0 Å². The Morgan fingerprint density at radius 3 is 1.82 bits per heavy atom. The summed E-state index contributed by atoms with van der Waals surface area (Å²) in [6.07, 6.45) is 0. The number of hydrogen-bond donors (Lipinski definition) is 0. The quantitative estimate of drug-likeness (QED) is 0.297. The summed E-state index contributed by atoms with van der Waals surface area (Å²) >= 11 is 0. The molecule has 0 N–H and O–H groups in total. The lowest BCUT2D eigenvalue weighted by atomic mass is 9.79. The summed E-state index contributed by atoms with van der Waals surface area (Å²) in [6.45, 7) is 13.8. The van der Waals surface area contributed by atoms with Crippen LogP contribution in [0.5, 0.6) is 0 Å². The van der Waals surface area contributed by atoms with Gasteiger partial charge in [-0.15, -0.1) is 0 Å². The lowest BCUT2D eigenvalue weighted by Gasteiger charge is -2.25. The minimum absolute atomic E-state index is 0.0772. The molecule has 0 aliphatic rings. The van der Waals surface area contributed by atoms with Gasteiger partial charge in [-0.3, -0.25) is 0 Å². The van der Waals surface area contributed by atoms with Gasteiger partial charge in [0.2, 0.25) is 0 Å². The van der Waals surface area contributed by atoms with Gasteiger partial charge >= 0.3 is 0 Å². The minimum Gasteiger partial charge on any atom is -0.0616 e. The van der Waals surface area contributed by atoms with Crippen molar-refractivity contribution in [2.45, 2.75) is 52.4 Å². The van der Waals surface area contributed by atoms with Gasteiger partial charge in [0, 0.05) is 0 Å². The number of benzene rings is 4. The highest BCUT2D eigenvalue weighted by atomic mass is 14.3. The zero-order valence-corrected chi connectivity index (χ0v) is 17.9. The number of fused-ring (bicyclic) bond motifs is 2. The molecule has 0 nitrogen and oxygen atoms in total. The Balaban J connectivity index is 2.03. The van der Waals surface area contributed by atoms with Crippen LogP contribution in [0.25, 0.3) is 32.7 Å². The molecule has 0 amide bonds. The summed E-state index contributed by atoms with van der Waals surface area (Å²) in [5.74, 6) is 0. The predicted molar refractivity (Wildman–Crippen MR) is 124 cm³/mol. The van der Waals surface area contributed by atoms with Crippen LogP contribution in [0, 0.1) is 0 Å². The highest BCUT2D eigenvalue weighted by Crippen LogP contribution is 2.40. The van der Waals surface area contributed by atoms with Crippen molar-refractivity contribution < 1.29 is 0 Å². The van der Waals surface area contributed by atoms with E-state index in [-0.39, 0.29) is 10.8 Å². The second-order valence-electron chi connectivity index (χ2n) is 9.95. The summed E-state index contributed by atoms with van der Waals surface area (Å²) in [6, 6.07) is 27.0. The molecule has 0 heteroatoms. The highest BCUT2D eigenvalue weighted by Gasteiger charge is 2.21. The molecular formula is C28H30. The van der Waals surface area contributed by atoms with Gasteiger partial charge in [0.25, 0.3) is 0 Å². The van der Waals surface area contributed by atoms with Crippen LogP contribution in [0.4, 0.5) is 0 Å². The van der Waals surface area contributed by atoms with E-state index in [4.69, 9.17) is 0 Å². The molecule has 0 heterocycles. The van der Waals surface area contributed by atoms with Crippen LogP contribution in [0.2, 0.25) is 0 Å². The third-order valence-electron chi connectivity index (χ3n) is 5.72. The summed E-state index contributed by atoms with van der Waals surface area (Å²) in [7, 11) is 0. The van der Waals surface area contributed by atoms with Crippen molar-refractivity contribution in [3.8, 4) is 11.1 Å². The molecule has 4 rings (SSSR count). The Bertz CT molecular complexity index is 1150. The molecular weight excluding hydrogens is 336 g/mol. The van der Waals surface area contributed by atoms with Gasteiger partial charge in [-0.25, -0.2) is 0 Å². The smallest absolute Gasteiger partial charge is 0.00960 e. The predicted octanol–water partition coefficient (Wildman–Crippen LogP) is 8.26. The fraction of sp³-hybridized carbons (Fsp3) is 0.286. The molecule has 0 spiro atoms. The zero-order valence-electron chi connectivity index (χ0n) is 17.9. The Kier molecular flexibility index (Phi) is 4.34. The van der Waals surface area contributed by atoms with Crippen molar-refractivity contribution in [1.82, 2.24) is 0 Å². The van der Waals surface area contributed by atoms with Gasteiger partial charge in [0.1, 0.15) is 0 Å². The second-order valence-corrected chi connectivity index (χ2v) is 9.95. The first kappa shape index (κ1) is 18.7. The van der Waals surface area contributed by atoms with E-state index in [1.807, 2.05) is 0 Å². The van der Waals surface area contributed by atoms with Gasteiger partial charge in [0.15, 0.2) is 0 Å². The average molecular weight is 367 g/mol. The molecule has 0 saturated heterocycles. The van der Waals surface area contributed by atoms with Crippen molar-refractivity contribution >= 4 is 21.5 Å². The first-order valence-electron chi connectivity index (χ1n) is 10.2. The summed E-state index contributed by atoms with van der Waals surface area (Å²) in [5.41, 5.74) is 5.66. The van der Waals surface area contributed by atoms with E-state index >= 15 is 0 Å². The molecule has 0 fully saturated rings. The normalized spacial score (nSPS) is 12.6. The lowest BCUT2D eigenvalue weighted by Crippen LogP contribution is -2.12. The van der Waals surface area contributed by atoms with Crippen LogP contribution in [-0.4, -0.2) is 0 Å². The van der Waals surface area contributed by atoms with Gasteiger partial charge in [-0.1, -0.05) is 108 Å². The van der Waals surface area contributed by atoms with Crippen molar-refractivity contribution in [1.29, 1.82) is 0 Å². The molecule has 142 valence electrons. The zero-order chi connectivity index (χ0) is 20.1. The fourth-order valence-electron chi connectivity index (χ4n) is 4.30. The largest absolute Gasteiger partial charge is 0.0616 e. The SMILES string of the molecule is CC(C)(C)c1ccc(-c2cccc3c(C(C)(C)C)c4ccccc4cc23)cc1. The molecule has 0 saturated carbocycles. The average Bonchev–Trinajstić information content (AvgIpc) is 2.64. The molecule has 0 atom stereocenters. The first-order valence-corrected chi connectivity index (χ1v) is 10.2. The van der Waals surface area contributed by atoms with Gasteiger partial charge in [0.05, 0.1) is 0 Å². The Morgan fingerprint density at radius 2 is 1.18 bits per heavy atom. The Morgan fingerprint density at radius 1 is 0.536 bits per heavy atom. The maximum Gasteiger partial charge on any atom is -0.00960 e. The molecule has 0 unspecified atom stereocenters. The molecule has 4 aromatic rings. The van der Waals surface area contributed by atoms with Crippen LogP contribution in [0.15, 0.2) is 72.8 Å². The summed E-state index contributed by atoms with van der Waals surface area (Å²) in [5, 5.41) is 5.39. The topological polar surface area (TPSA) is 0 Å². The van der Waals surface area contributed by atoms with Crippen molar-refractivity contribution in [2.24, 2.45) is 0 Å². The van der Waals surface area contributed by atoms with E-state index < -0.39 is 0 Å². The lowest BCUT2D eigenvalue weighted by molar-refractivity contribution is 0.590. The highest BCUT2D eigenvalue weighted by molar-refractivity contribution is 6.08. The fourth-order valence-corrected chi connectivity index (χ4v) is 4.30. The summed E-state index contributed by atoms with van der Waals surface area (Å²) in [4.78, 5) is 0. The van der Waals surface area contributed by atoms with Gasteiger partial charge < -0.3 is 0 Å². The molecule has 0 radical (unpaired) electrons. The third-order valence-corrected chi connectivity index (χ3v) is 5.72.